The Kier molecular flexibility index (Phi) is 4.83. The number of rotatable bonds is 4. The van der Waals surface area contributed by atoms with E-state index in [1.807, 2.05) is 24.3 Å². The van der Waals surface area contributed by atoms with E-state index in [1.54, 1.807) is 12.1 Å². The fourth-order valence-electron chi connectivity index (χ4n) is 2.73. The largest absolute Gasteiger partial charge is 0.392 e. The molecule has 1 aliphatic rings. The standard InChI is InChI=1S/C18H20FNO2/c19-17-7-5-16(6-8-17)18-12-20(9-10-22-18)11-14-1-3-15(13-21)4-2-14/h1-8,18,21H,9-13H2. The quantitative estimate of drug-likeness (QED) is 0.942. The van der Waals surface area contributed by atoms with Crippen molar-refractivity contribution < 1.29 is 14.2 Å². The zero-order valence-electron chi connectivity index (χ0n) is 12.4. The van der Waals surface area contributed by atoms with E-state index < -0.39 is 0 Å². The summed E-state index contributed by atoms with van der Waals surface area (Å²) in [6.45, 7) is 3.29. The highest BCUT2D eigenvalue weighted by molar-refractivity contribution is 5.22. The molecule has 0 spiro atoms. The minimum absolute atomic E-state index is 0.00827. The summed E-state index contributed by atoms with van der Waals surface area (Å²) in [5.74, 6) is -0.222. The monoisotopic (exact) mass is 301 g/mol. The molecule has 1 unspecified atom stereocenters. The molecule has 3 rings (SSSR count). The molecule has 22 heavy (non-hydrogen) atoms. The molecule has 2 aromatic carbocycles. The Balaban J connectivity index is 1.63. The molecule has 3 nitrogen and oxygen atoms in total. The molecule has 0 bridgehead atoms. The SMILES string of the molecule is OCc1ccc(CN2CCOC(c3ccc(F)cc3)C2)cc1. The van der Waals surface area contributed by atoms with Crippen LogP contribution < -0.4 is 0 Å². The van der Waals surface area contributed by atoms with Crippen molar-refractivity contribution in [2.24, 2.45) is 0 Å². The third-order valence-corrected chi connectivity index (χ3v) is 4.00. The van der Waals surface area contributed by atoms with Gasteiger partial charge in [0.1, 0.15) is 5.82 Å². The molecule has 1 saturated heterocycles. The molecule has 0 aliphatic carbocycles. The molecule has 1 N–H and O–H groups in total. The molecule has 0 radical (unpaired) electrons. The zero-order chi connectivity index (χ0) is 15.4. The van der Waals surface area contributed by atoms with Crippen LogP contribution in [0.25, 0.3) is 0 Å². The third-order valence-electron chi connectivity index (χ3n) is 4.00. The highest BCUT2D eigenvalue weighted by atomic mass is 19.1. The number of hydrogen-bond donors (Lipinski definition) is 1. The van der Waals surface area contributed by atoms with E-state index in [0.717, 1.165) is 30.8 Å². The molecule has 4 heteroatoms. The van der Waals surface area contributed by atoms with E-state index in [2.05, 4.69) is 4.90 Å². The molecular weight excluding hydrogens is 281 g/mol. The fourth-order valence-corrected chi connectivity index (χ4v) is 2.73. The summed E-state index contributed by atoms with van der Waals surface area (Å²) in [5.41, 5.74) is 3.16. The Hall–Kier alpha value is -1.75. The van der Waals surface area contributed by atoms with Crippen molar-refractivity contribution in [2.75, 3.05) is 19.7 Å². The number of nitrogens with zero attached hydrogens (tertiary/aromatic N) is 1. The van der Waals surface area contributed by atoms with Gasteiger partial charge >= 0.3 is 0 Å². The van der Waals surface area contributed by atoms with Crippen molar-refractivity contribution in [1.29, 1.82) is 0 Å². The van der Waals surface area contributed by atoms with Crippen LogP contribution in [0.2, 0.25) is 0 Å². The summed E-state index contributed by atoms with van der Waals surface area (Å²) < 4.78 is 18.8. The molecule has 2 aromatic rings. The average Bonchev–Trinajstić information content (AvgIpc) is 2.56. The van der Waals surface area contributed by atoms with Crippen LogP contribution in [-0.4, -0.2) is 29.7 Å². The zero-order valence-corrected chi connectivity index (χ0v) is 12.4. The Morgan fingerprint density at radius 3 is 2.41 bits per heavy atom. The first-order valence-corrected chi connectivity index (χ1v) is 7.53. The van der Waals surface area contributed by atoms with Crippen LogP contribution >= 0.6 is 0 Å². The van der Waals surface area contributed by atoms with Crippen LogP contribution in [-0.2, 0) is 17.9 Å². The van der Waals surface area contributed by atoms with Crippen LogP contribution in [0.15, 0.2) is 48.5 Å². The minimum atomic E-state index is -0.222. The third kappa shape index (κ3) is 3.71. The normalized spacial score (nSPS) is 19.3. The predicted octanol–water partition coefficient (Wildman–Crippen LogP) is 2.89. The first-order valence-electron chi connectivity index (χ1n) is 7.53. The van der Waals surface area contributed by atoms with E-state index in [0.29, 0.717) is 6.61 Å². The summed E-state index contributed by atoms with van der Waals surface area (Å²) in [5, 5.41) is 9.08. The highest BCUT2D eigenvalue weighted by Crippen LogP contribution is 2.23. The van der Waals surface area contributed by atoms with Crippen LogP contribution in [0.1, 0.15) is 22.8 Å². The van der Waals surface area contributed by atoms with Gasteiger partial charge in [0.25, 0.3) is 0 Å². The van der Waals surface area contributed by atoms with Crippen molar-refractivity contribution in [3.05, 3.63) is 71.0 Å². The molecule has 116 valence electrons. The van der Waals surface area contributed by atoms with E-state index in [1.165, 1.54) is 17.7 Å². The van der Waals surface area contributed by atoms with Crippen molar-refractivity contribution in [3.8, 4) is 0 Å². The van der Waals surface area contributed by atoms with E-state index in [4.69, 9.17) is 9.84 Å². The maximum absolute atomic E-state index is 13.0. The number of benzene rings is 2. The van der Waals surface area contributed by atoms with Gasteiger partial charge in [-0.05, 0) is 28.8 Å². The molecule has 1 heterocycles. The van der Waals surface area contributed by atoms with Gasteiger partial charge in [-0.1, -0.05) is 36.4 Å². The molecule has 1 atom stereocenters. The fraction of sp³-hybridized carbons (Fsp3) is 0.333. The summed E-state index contributed by atoms with van der Waals surface area (Å²) in [4.78, 5) is 2.34. The van der Waals surface area contributed by atoms with Crippen LogP contribution in [0.5, 0.6) is 0 Å². The molecule has 1 fully saturated rings. The average molecular weight is 301 g/mol. The van der Waals surface area contributed by atoms with Gasteiger partial charge in [-0.15, -0.1) is 0 Å². The van der Waals surface area contributed by atoms with E-state index in [-0.39, 0.29) is 18.5 Å². The predicted molar refractivity (Wildman–Crippen MR) is 82.7 cm³/mol. The summed E-state index contributed by atoms with van der Waals surface area (Å²) in [6, 6.07) is 14.5. The molecule has 0 aromatic heterocycles. The molecule has 1 aliphatic heterocycles. The number of aliphatic hydroxyl groups is 1. The van der Waals surface area contributed by atoms with Crippen LogP contribution in [0.3, 0.4) is 0 Å². The van der Waals surface area contributed by atoms with E-state index in [9.17, 15) is 4.39 Å². The van der Waals surface area contributed by atoms with Gasteiger partial charge in [0.2, 0.25) is 0 Å². The van der Waals surface area contributed by atoms with Crippen molar-refractivity contribution in [2.45, 2.75) is 19.3 Å². The van der Waals surface area contributed by atoms with Crippen LogP contribution in [0.4, 0.5) is 4.39 Å². The summed E-state index contributed by atoms with van der Waals surface area (Å²) >= 11 is 0. The highest BCUT2D eigenvalue weighted by Gasteiger charge is 2.21. The molecular formula is C18H20FNO2. The van der Waals surface area contributed by atoms with Crippen molar-refractivity contribution in [1.82, 2.24) is 4.90 Å². The minimum Gasteiger partial charge on any atom is -0.392 e. The topological polar surface area (TPSA) is 32.7 Å². The smallest absolute Gasteiger partial charge is 0.123 e. The van der Waals surface area contributed by atoms with Gasteiger partial charge in [0.05, 0.1) is 19.3 Å². The lowest BCUT2D eigenvalue weighted by atomic mass is 10.1. The number of ether oxygens (including phenoxy) is 1. The van der Waals surface area contributed by atoms with Gasteiger partial charge in [-0.3, -0.25) is 4.90 Å². The lowest BCUT2D eigenvalue weighted by Gasteiger charge is -2.33. The number of hydrogen-bond acceptors (Lipinski definition) is 3. The number of halogens is 1. The second-order valence-corrected chi connectivity index (χ2v) is 5.62. The number of aliphatic hydroxyl groups excluding tert-OH is 1. The Labute approximate surface area is 130 Å². The summed E-state index contributed by atoms with van der Waals surface area (Å²) in [7, 11) is 0. The second kappa shape index (κ2) is 7.01. The van der Waals surface area contributed by atoms with Crippen LogP contribution in [0, 0.1) is 5.82 Å². The lowest BCUT2D eigenvalue weighted by Crippen LogP contribution is -2.37. The molecule has 0 saturated carbocycles. The van der Waals surface area contributed by atoms with E-state index >= 15 is 0 Å². The second-order valence-electron chi connectivity index (χ2n) is 5.62. The van der Waals surface area contributed by atoms with Gasteiger partial charge < -0.3 is 9.84 Å². The van der Waals surface area contributed by atoms with Gasteiger partial charge in [0.15, 0.2) is 0 Å². The molecule has 0 amide bonds. The van der Waals surface area contributed by atoms with Gasteiger partial charge in [-0.2, -0.15) is 0 Å². The first kappa shape index (κ1) is 15.2. The Morgan fingerprint density at radius 1 is 1.05 bits per heavy atom. The van der Waals surface area contributed by atoms with Gasteiger partial charge in [0, 0.05) is 19.6 Å². The van der Waals surface area contributed by atoms with Gasteiger partial charge in [-0.25, -0.2) is 4.39 Å². The van der Waals surface area contributed by atoms with Crippen molar-refractivity contribution >= 4 is 0 Å². The maximum Gasteiger partial charge on any atom is 0.123 e. The Bertz CT molecular complexity index is 597. The maximum atomic E-state index is 13.0. The number of morpholine rings is 1. The Morgan fingerprint density at radius 2 is 1.73 bits per heavy atom. The van der Waals surface area contributed by atoms with Crippen molar-refractivity contribution in [3.63, 3.8) is 0 Å². The summed E-state index contributed by atoms with van der Waals surface area (Å²) in [6.07, 6.45) is -0.00827. The first-order chi connectivity index (χ1) is 10.7. The lowest BCUT2D eigenvalue weighted by molar-refractivity contribution is -0.0329.